The van der Waals surface area contributed by atoms with Crippen molar-refractivity contribution in [2.24, 2.45) is 0 Å². The van der Waals surface area contributed by atoms with Crippen molar-refractivity contribution in [3.8, 4) is 5.75 Å². The van der Waals surface area contributed by atoms with Gasteiger partial charge in [-0.25, -0.2) is 4.39 Å². The Morgan fingerprint density at radius 2 is 2.29 bits per heavy atom. The summed E-state index contributed by atoms with van der Waals surface area (Å²) in [6, 6.07) is 3.80. The van der Waals surface area contributed by atoms with E-state index in [1.165, 1.54) is 18.2 Å². The van der Waals surface area contributed by atoms with E-state index >= 15 is 0 Å². The average Bonchev–Trinajstić information content (AvgIpc) is 2.16. The number of carbonyl (C=O) groups excluding carboxylic acids is 1. The Bertz CT molecular complexity index is 339. The van der Waals surface area contributed by atoms with Gasteiger partial charge in [-0.05, 0) is 36.2 Å². The largest absolute Gasteiger partial charge is 0.491 e. The molecule has 0 aliphatic carbocycles. The molecule has 1 aromatic carbocycles. The molecular weight excluding hydrogens is 207 g/mol. The van der Waals surface area contributed by atoms with Crippen LogP contribution < -0.4 is 4.74 Å². The van der Waals surface area contributed by atoms with Crippen LogP contribution >= 0.6 is 11.6 Å². The van der Waals surface area contributed by atoms with Gasteiger partial charge in [0.1, 0.15) is 0 Å². The minimum Gasteiger partial charge on any atom is -0.491 e. The van der Waals surface area contributed by atoms with Gasteiger partial charge in [-0.3, -0.25) is 4.79 Å². The average molecular weight is 217 g/mol. The van der Waals surface area contributed by atoms with Crippen molar-refractivity contribution in [2.75, 3.05) is 6.61 Å². The summed E-state index contributed by atoms with van der Waals surface area (Å²) in [5.74, 6) is -0.418. The lowest BCUT2D eigenvalue weighted by molar-refractivity contribution is 0.108. The number of benzene rings is 1. The highest BCUT2D eigenvalue weighted by molar-refractivity contribution is 6.67. The lowest BCUT2D eigenvalue weighted by Crippen LogP contribution is -1.99. The Hall–Kier alpha value is -1.09. The van der Waals surface area contributed by atoms with Crippen molar-refractivity contribution < 1.29 is 13.9 Å². The molecule has 0 aliphatic rings. The van der Waals surface area contributed by atoms with Crippen LogP contribution in [0.5, 0.6) is 5.75 Å². The van der Waals surface area contributed by atoms with Gasteiger partial charge in [-0.15, -0.1) is 0 Å². The lowest BCUT2D eigenvalue weighted by Gasteiger charge is -2.06. The fourth-order valence-electron chi connectivity index (χ4n) is 0.948. The molecule has 0 N–H and O–H groups in total. The quantitative estimate of drug-likeness (QED) is 0.724. The number of halogens is 2. The zero-order valence-electron chi connectivity index (χ0n) is 7.72. The molecule has 0 heterocycles. The van der Waals surface area contributed by atoms with E-state index in [1.807, 2.05) is 6.92 Å². The van der Waals surface area contributed by atoms with Gasteiger partial charge in [0.05, 0.1) is 6.61 Å². The predicted octanol–water partition coefficient (Wildman–Crippen LogP) is 2.99. The van der Waals surface area contributed by atoms with Crippen molar-refractivity contribution in [3.05, 3.63) is 29.6 Å². The molecule has 0 aromatic heterocycles. The Balaban J connectivity index is 2.90. The summed E-state index contributed by atoms with van der Waals surface area (Å²) < 4.78 is 18.2. The van der Waals surface area contributed by atoms with Crippen LogP contribution in [0.1, 0.15) is 23.7 Å². The van der Waals surface area contributed by atoms with E-state index in [0.717, 1.165) is 6.42 Å². The lowest BCUT2D eigenvalue weighted by atomic mass is 10.2. The molecule has 0 atom stereocenters. The van der Waals surface area contributed by atoms with Crippen molar-refractivity contribution in [3.63, 3.8) is 0 Å². The fourth-order valence-corrected chi connectivity index (χ4v) is 1.07. The monoisotopic (exact) mass is 216 g/mol. The van der Waals surface area contributed by atoms with Crippen LogP contribution in [0.25, 0.3) is 0 Å². The first-order valence-electron chi connectivity index (χ1n) is 4.27. The van der Waals surface area contributed by atoms with Gasteiger partial charge in [0.2, 0.25) is 0 Å². The maximum absolute atomic E-state index is 13.1. The molecule has 0 aliphatic heterocycles. The smallest absolute Gasteiger partial charge is 0.252 e. The fraction of sp³-hybridized carbons (Fsp3) is 0.300. The third-order valence-corrected chi connectivity index (χ3v) is 1.84. The van der Waals surface area contributed by atoms with Crippen LogP contribution in [-0.4, -0.2) is 11.8 Å². The third kappa shape index (κ3) is 2.70. The summed E-state index contributed by atoms with van der Waals surface area (Å²) in [5.41, 5.74) is 0.235. The normalized spacial score (nSPS) is 9.93. The van der Waals surface area contributed by atoms with Gasteiger partial charge in [0.25, 0.3) is 5.24 Å². The molecule has 0 unspecified atom stereocenters. The number of hydrogen-bond acceptors (Lipinski definition) is 2. The van der Waals surface area contributed by atoms with Crippen LogP contribution in [-0.2, 0) is 0 Å². The first-order chi connectivity index (χ1) is 6.65. The standard InChI is InChI=1S/C10H10ClFO2/c1-2-5-14-9-6-7(10(11)13)3-4-8(9)12/h3-4,6H,2,5H2,1H3. The highest BCUT2D eigenvalue weighted by Crippen LogP contribution is 2.19. The van der Waals surface area contributed by atoms with Crippen molar-refractivity contribution in [1.29, 1.82) is 0 Å². The number of ether oxygens (including phenoxy) is 1. The Morgan fingerprint density at radius 1 is 1.57 bits per heavy atom. The highest BCUT2D eigenvalue weighted by Gasteiger charge is 2.08. The van der Waals surface area contributed by atoms with Gasteiger partial charge in [-0.1, -0.05) is 6.92 Å². The van der Waals surface area contributed by atoms with Gasteiger partial charge < -0.3 is 4.74 Å². The van der Waals surface area contributed by atoms with Crippen LogP contribution in [0.4, 0.5) is 4.39 Å². The summed E-state index contributed by atoms with van der Waals surface area (Å²) in [5, 5.41) is -0.619. The molecular formula is C10H10ClFO2. The summed E-state index contributed by atoms with van der Waals surface area (Å²) in [6.45, 7) is 2.32. The van der Waals surface area contributed by atoms with Crippen molar-refractivity contribution >= 4 is 16.8 Å². The molecule has 0 bridgehead atoms. The first kappa shape index (κ1) is 11.0. The Morgan fingerprint density at radius 3 is 2.86 bits per heavy atom. The second-order valence-electron chi connectivity index (χ2n) is 2.77. The van der Waals surface area contributed by atoms with E-state index in [4.69, 9.17) is 16.3 Å². The molecule has 0 radical (unpaired) electrons. The van der Waals surface area contributed by atoms with Crippen LogP contribution in [0.15, 0.2) is 18.2 Å². The van der Waals surface area contributed by atoms with E-state index in [9.17, 15) is 9.18 Å². The molecule has 0 saturated carbocycles. The molecule has 1 aromatic rings. The third-order valence-electron chi connectivity index (χ3n) is 1.62. The number of rotatable bonds is 4. The van der Waals surface area contributed by atoms with E-state index < -0.39 is 11.1 Å². The van der Waals surface area contributed by atoms with Gasteiger partial charge >= 0.3 is 0 Å². The Kier molecular flexibility index (Phi) is 3.89. The maximum Gasteiger partial charge on any atom is 0.252 e. The molecule has 76 valence electrons. The molecule has 4 heteroatoms. The van der Waals surface area contributed by atoms with Crippen LogP contribution in [0, 0.1) is 5.82 Å². The second-order valence-corrected chi connectivity index (χ2v) is 3.11. The van der Waals surface area contributed by atoms with E-state index in [1.54, 1.807) is 0 Å². The maximum atomic E-state index is 13.1. The van der Waals surface area contributed by atoms with Crippen molar-refractivity contribution in [2.45, 2.75) is 13.3 Å². The molecule has 1 rings (SSSR count). The summed E-state index contributed by atoms with van der Waals surface area (Å²) in [6.07, 6.45) is 0.776. The van der Waals surface area contributed by atoms with E-state index in [-0.39, 0.29) is 11.3 Å². The summed E-state index contributed by atoms with van der Waals surface area (Å²) in [7, 11) is 0. The molecule has 0 spiro atoms. The predicted molar refractivity (Wildman–Crippen MR) is 52.4 cm³/mol. The molecule has 0 amide bonds. The van der Waals surface area contributed by atoms with Gasteiger partial charge in [-0.2, -0.15) is 0 Å². The summed E-state index contributed by atoms with van der Waals surface area (Å²) in [4.78, 5) is 10.8. The summed E-state index contributed by atoms with van der Waals surface area (Å²) >= 11 is 5.24. The minimum absolute atomic E-state index is 0.0679. The number of carbonyl (C=O) groups is 1. The molecule has 0 fully saturated rings. The van der Waals surface area contributed by atoms with Crippen LogP contribution in [0.3, 0.4) is 0 Å². The van der Waals surface area contributed by atoms with Crippen LogP contribution in [0.2, 0.25) is 0 Å². The van der Waals surface area contributed by atoms with Gasteiger partial charge in [0, 0.05) is 5.56 Å². The van der Waals surface area contributed by atoms with Crippen molar-refractivity contribution in [1.82, 2.24) is 0 Å². The zero-order chi connectivity index (χ0) is 10.6. The Labute approximate surface area is 86.6 Å². The molecule has 0 saturated heterocycles. The topological polar surface area (TPSA) is 26.3 Å². The number of hydrogen-bond donors (Lipinski definition) is 0. The second kappa shape index (κ2) is 4.96. The minimum atomic E-state index is -0.619. The SMILES string of the molecule is CCCOc1cc(C(=O)Cl)ccc1F. The molecule has 14 heavy (non-hydrogen) atoms. The molecule has 2 nitrogen and oxygen atoms in total. The highest BCUT2D eigenvalue weighted by atomic mass is 35.5. The van der Waals surface area contributed by atoms with E-state index in [2.05, 4.69) is 0 Å². The first-order valence-corrected chi connectivity index (χ1v) is 4.65. The van der Waals surface area contributed by atoms with Gasteiger partial charge in [0.15, 0.2) is 11.6 Å². The zero-order valence-corrected chi connectivity index (χ0v) is 8.47. The van der Waals surface area contributed by atoms with E-state index in [0.29, 0.717) is 6.61 Å².